The second-order valence-corrected chi connectivity index (χ2v) is 6.11. The second-order valence-electron chi connectivity index (χ2n) is 6.11. The van der Waals surface area contributed by atoms with Crippen LogP contribution in [0.4, 0.5) is 0 Å². The third-order valence-corrected chi connectivity index (χ3v) is 4.54. The molecule has 0 saturated carbocycles. The summed E-state index contributed by atoms with van der Waals surface area (Å²) < 4.78 is 0. The van der Waals surface area contributed by atoms with Crippen molar-refractivity contribution in [2.75, 3.05) is 26.2 Å². The van der Waals surface area contributed by atoms with Crippen molar-refractivity contribution >= 4 is 0 Å². The van der Waals surface area contributed by atoms with Crippen LogP contribution in [0.5, 0.6) is 0 Å². The molecule has 2 N–H and O–H groups in total. The molecule has 21 heavy (non-hydrogen) atoms. The average Bonchev–Trinajstić information content (AvgIpc) is 2.54. The molecule has 3 heteroatoms. The van der Waals surface area contributed by atoms with Gasteiger partial charge in [0.25, 0.3) is 0 Å². The van der Waals surface area contributed by atoms with Crippen molar-refractivity contribution in [1.29, 1.82) is 0 Å². The molecule has 1 saturated heterocycles. The van der Waals surface area contributed by atoms with Gasteiger partial charge in [0.05, 0.1) is 12.6 Å². The summed E-state index contributed by atoms with van der Waals surface area (Å²) in [4.78, 5) is 2.54. The van der Waals surface area contributed by atoms with Crippen LogP contribution in [0.25, 0.3) is 0 Å². The number of nitrogens with one attached hydrogen (secondary N) is 1. The first-order chi connectivity index (χ1) is 10.3. The van der Waals surface area contributed by atoms with Gasteiger partial charge in [-0.2, -0.15) is 0 Å². The van der Waals surface area contributed by atoms with Gasteiger partial charge in [-0.3, -0.25) is 0 Å². The lowest BCUT2D eigenvalue weighted by atomic mass is 10.00. The van der Waals surface area contributed by atoms with E-state index < -0.39 is 0 Å². The Hall–Kier alpha value is -0.900. The highest BCUT2D eigenvalue weighted by Crippen LogP contribution is 2.18. The van der Waals surface area contributed by atoms with Crippen molar-refractivity contribution in [2.24, 2.45) is 0 Å². The van der Waals surface area contributed by atoms with E-state index in [2.05, 4.69) is 48.3 Å². The van der Waals surface area contributed by atoms with E-state index in [1.165, 1.54) is 50.0 Å². The molecule has 1 atom stereocenters. The van der Waals surface area contributed by atoms with E-state index in [1.54, 1.807) is 0 Å². The zero-order chi connectivity index (χ0) is 15.1. The van der Waals surface area contributed by atoms with Crippen LogP contribution in [0, 0.1) is 0 Å². The molecule has 1 unspecified atom stereocenters. The summed E-state index contributed by atoms with van der Waals surface area (Å²) in [6, 6.07) is 9.24. The Kier molecular flexibility index (Phi) is 6.68. The van der Waals surface area contributed by atoms with Crippen molar-refractivity contribution in [1.82, 2.24) is 10.2 Å². The molecule has 0 radical (unpaired) electrons. The number of piperidine rings is 1. The maximum atomic E-state index is 9.70. The first-order valence-electron chi connectivity index (χ1n) is 8.44. The third-order valence-electron chi connectivity index (χ3n) is 4.54. The number of nitrogens with zero attached hydrogens (tertiary/aromatic N) is 1. The van der Waals surface area contributed by atoms with Gasteiger partial charge in [-0.1, -0.05) is 38.1 Å². The molecule has 0 aromatic heterocycles. The molecule has 0 aliphatic carbocycles. The molecule has 1 heterocycles. The Balaban J connectivity index is 1.87. The summed E-state index contributed by atoms with van der Waals surface area (Å²) in [5, 5.41) is 13.3. The van der Waals surface area contributed by atoms with E-state index in [-0.39, 0.29) is 12.6 Å². The lowest BCUT2D eigenvalue weighted by Crippen LogP contribution is -2.44. The predicted molar refractivity (Wildman–Crippen MR) is 88.5 cm³/mol. The predicted octanol–water partition coefficient (Wildman–Crippen LogP) is 2.75. The van der Waals surface area contributed by atoms with Gasteiger partial charge < -0.3 is 15.3 Å². The van der Waals surface area contributed by atoms with Gasteiger partial charge in [-0.15, -0.1) is 0 Å². The highest BCUT2D eigenvalue weighted by Gasteiger charge is 2.21. The van der Waals surface area contributed by atoms with Crippen LogP contribution in [-0.2, 0) is 6.42 Å². The Labute approximate surface area is 129 Å². The monoisotopic (exact) mass is 290 g/mol. The minimum Gasteiger partial charge on any atom is -0.394 e. The molecule has 3 nitrogen and oxygen atoms in total. The van der Waals surface area contributed by atoms with Gasteiger partial charge in [0, 0.05) is 6.04 Å². The van der Waals surface area contributed by atoms with Gasteiger partial charge >= 0.3 is 0 Å². The summed E-state index contributed by atoms with van der Waals surface area (Å²) in [6.45, 7) is 8.15. The zero-order valence-electron chi connectivity index (χ0n) is 13.5. The van der Waals surface area contributed by atoms with Crippen molar-refractivity contribution < 1.29 is 5.11 Å². The summed E-state index contributed by atoms with van der Waals surface area (Å²) >= 11 is 0. The standard InChI is InChI=1S/C18H30N2O/c1-3-11-20-12-9-17(10-13-20)19-18(14-21)16-7-5-15(4-2)6-8-16/h5-8,17-19,21H,3-4,9-14H2,1-2H3. The highest BCUT2D eigenvalue weighted by molar-refractivity contribution is 5.25. The fraction of sp³-hybridized carbons (Fsp3) is 0.667. The minimum absolute atomic E-state index is 0.0682. The summed E-state index contributed by atoms with van der Waals surface area (Å²) in [6.07, 6.45) is 4.67. The zero-order valence-corrected chi connectivity index (χ0v) is 13.5. The molecule has 0 amide bonds. The molecule has 0 spiro atoms. The first-order valence-corrected chi connectivity index (χ1v) is 8.44. The molecule has 2 rings (SSSR count). The fourth-order valence-corrected chi connectivity index (χ4v) is 3.16. The van der Waals surface area contributed by atoms with E-state index in [4.69, 9.17) is 0 Å². The van der Waals surface area contributed by atoms with Crippen LogP contribution >= 0.6 is 0 Å². The Morgan fingerprint density at radius 1 is 1.19 bits per heavy atom. The number of hydrogen-bond acceptors (Lipinski definition) is 3. The van der Waals surface area contributed by atoms with Crippen molar-refractivity contribution in [3.8, 4) is 0 Å². The molecular weight excluding hydrogens is 260 g/mol. The number of rotatable bonds is 7. The van der Waals surface area contributed by atoms with Crippen molar-refractivity contribution in [3.63, 3.8) is 0 Å². The fourth-order valence-electron chi connectivity index (χ4n) is 3.16. The van der Waals surface area contributed by atoms with Gasteiger partial charge in [0.15, 0.2) is 0 Å². The number of aliphatic hydroxyl groups is 1. The molecule has 1 aliphatic rings. The molecule has 1 aromatic rings. The number of benzene rings is 1. The van der Waals surface area contributed by atoms with Crippen LogP contribution in [0.15, 0.2) is 24.3 Å². The Bertz CT molecular complexity index is 396. The second kappa shape index (κ2) is 8.52. The van der Waals surface area contributed by atoms with Crippen LogP contribution in [0.1, 0.15) is 50.3 Å². The smallest absolute Gasteiger partial charge is 0.0626 e. The average molecular weight is 290 g/mol. The first kappa shape index (κ1) is 16.5. The molecule has 118 valence electrons. The lowest BCUT2D eigenvalue weighted by Gasteiger charge is -2.34. The minimum atomic E-state index is 0.0682. The van der Waals surface area contributed by atoms with E-state index in [9.17, 15) is 5.11 Å². The number of aliphatic hydroxyl groups excluding tert-OH is 1. The van der Waals surface area contributed by atoms with Crippen LogP contribution < -0.4 is 5.32 Å². The number of hydrogen-bond donors (Lipinski definition) is 2. The van der Waals surface area contributed by atoms with Crippen LogP contribution in [0.2, 0.25) is 0 Å². The number of aryl methyl sites for hydroxylation is 1. The maximum Gasteiger partial charge on any atom is 0.0626 e. The SMILES string of the molecule is CCCN1CCC(NC(CO)c2ccc(CC)cc2)CC1. The quantitative estimate of drug-likeness (QED) is 0.810. The van der Waals surface area contributed by atoms with E-state index >= 15 is 0 Å². The Morgan fingerprint density at radius 3 is 2.38 bits per heavy atom. The van der Waals surface area contributed by atoms with Crippen LogP contribution in [0.3, 0.4) is 0 Å². The highest BCUT2D eigenvalue weighted by atomic mass is 16.3. The summed E-state index contributed by atoms with van der Waals surface area (Å²) in [5.41, 5.74) is 2.55. The third kappa shape index (κ3) is 4.80. The molecule has 1 aromatic carbocycles. The Morgan fingerprint density at radius 2 is 1.86 bits per heavy atom. The van der Waals surface area contributed by atoms with E-state index in [1.807, 2.05) is 0 Å². The molecular formula is C18H30N2O. The summed E-state index contributed by atoms with van der Waals surface area (Å²) in [5.74, 6) is 0. The van der Waals surface area contributed by atoms with Crippen molar-refractivity contribution in [2.45, 2.75) is 51.6 Å². The number of likely N-dealkylation sites (tertiary alicyclic amines) is 1. The maximum absolute atomic E-state index is 9.70. The molecule has 1 fully saturated rings. The van der Waals surface area contributed by atoms with Gasteiger partial charge in [-0.05, 0) is 56.4 Å². The molecule has 1 aliphatic heterocycles. The molecule has 0 bridgehead atoms. The van der Waals surface area contributed by atoms with E-state index in [0.29, 0.717) is 6.04 Å². The largest absolute Gasteiger partial charge is 0.394 e. The summed E-state index contributed by atoms with van der Waals surface area (Å²) in [7, 11) is 0. The lowest BCUT2D eigenvalue weighted by molar-refractivity contribution is 0.172. The van der Waals surface area contributed by atoms with Crippen molar-refractivity contribution in [3.05, 3.63) is 35.4 Å². The topological polar surface area (TPSA) is 35.5 Å². The van der Waals surface area contributed by atoms with Gasteiger partial charge in [0.2, 0.25) is 0 Å². The normalized spacial score (nSPS) is 18.8. The van der Waals surface area contributed by atoms with Gasteiger partial charge in [-0.25, -0.2) is 0 Å². The van der Waals surface area contributed by atoms with Crippen LogP contribution in [-0.4, -0.2) is 42.3 Å². The van der Waals surface area contributed by atoms with E-state index in [0.717, 1.165) is 6.42 Å². The van der Waals surface area contributed by atoms with Gasteiger partial charge in [0.1, 0.15) is 0 Å².